The zero-order valence-electron chi connectivity index (χ0n) is 12.4. The molecule has 1 aromatic rings. The van der Waals surface area contributed by atoms with E-state index in [1.807, 2.05) is 0 Å². The van der Waals surface area contributed by atoms with Gasteiger partial charge in [-0.3, -0.25) is 9.59 Å². The number of amides is 1. The van der Waals surface area contributed by atoms with Crippen LogP contribution in [0.25, 0.3) is 0 Å². The van der Waals surface area contributed by atoms with Gasteiger partial charge in [0, 0.05) is 13.1 Å². The summed E-state index contributed by atoms with van der Waals surface area (Å²) in [6, 6.07) is 4.61. The summed E-state index contributed by atoms with van der Waals surface area (Å²) in [6.07, 6.45) is -4.66. The highest BCUT2D eigenvalue weighted by Gasteiger charge is 2.35. The van der Waals surface area contributed by atoms with Crippen LogP contribution < -0.4 is 0 Å². The van der Waals surface area contributed by atoms with Gasteiger partial charge < -0.3 is 9.64 Å². The van der Waals surface area contributed by atoms with Crippen LogP contribution in [0.4, 0.5) is 13.2 Å². The van der Waals surface area contributed by atoms with Crippen LogP contribution in [0.3, 0.4) is 0 Å². The fourth-order valence-corrected chi connectivity index (χ4v) is 1.95. The van der Waals surface area contributed by atoms with Crippen molar-refractivity contribution in [3.63, 3.8) is 0 Å². The van der Waals surface area contributed by atoms with Gasteiger partial charge in [-0.2, -0.15) is 13.2 Å². The third kappa shape index (κ3) is 4.75. The first-order valence-electron chi connectivity index (χ1n) is 6.92. The van der Waals surface area contributed by atoms with Gasteiger partial charge in [-0.25, -0.2) is 0 Å². The fourth-order valence-electron chi connectivity index (χ4n) is 1.95. The van der Waals surface area contributed by atoms with Crippen molar-refractivity contribution >= 4 is 11.9 Å². The molecule has 0 N–H and O–H groups in total. The van der Waals surface area contributed by atoms with Crippen molar-refractivity contribution < 1.29 is 27.5 Å². The summed E-state index contributed by atoms with van der Waals surface area (Å²) in [5.41, 5.74) is -1.39. The fraction of sp³-hybridized carbons (Fsp3) is 0.467. The van der Waals surface area contributed by atoms with Gasteiger partial charge in [0.2, 0.25) is 0 Å². The van der Waals surface area contributed by atoms with Gasteiger partial charge in [0.1, 0.15) is 0 Å². The molecular weight excluding hydrogens is 299 g/mol. The van der Waals surface area contributed by atoms with Gasteiger partial charge in [0.05, 0.1) is 24.2 Å². The largest absolute Gasteiger partial charge is 0.466 e. The highest BCUT2D eigenvalue weighted by atomic mass is 19.4. The van der Waals surface area contributed by atoms with E-state index in [-0.39, 0.29) is 26.1 Å². The van der Waals surface area contributed by atoms with E-state index in [1.54, 1.807) is 13.8 Å². The molecule has 0 unspecified atom stereocenters. The molecule has 1 aromatic carbocycles. The van der Waals surface area contributed by atoms with Gasteiger partial charge in [0.25, 0.3) is 5.91 Å². The average molecular weight is 317 g/mol. The van der Waals surface area contributed by atoms with Crippen molar-refractivity contribution in [3.8, 4) is 0 Å². The van der Waals surface area contributed by atoms with Crippen LogP contribution in [0, 0.1) is 0 Å². The van der Waals surface area contributed by atoms with Gasteiger partial charge >= 0.3 is 12.1 Å². The van der Waals surface area contributed by atoms with Crippen LogP contribution >= 0.6 is 0 Å². The molecule has 1 amide bonds. The Kier molecular flexibility index (Phi) is 6.39. The lowest BCUT2D eigenvalue weighted by atomic mass is 10.1. The van der Waals surface area contributed by atoms with Crippen LogP contribution in [0.15, 0.2) is 24.3 Å². The first kappa shape index (κ1) is 18.0. The summed E-state index contributed by atoms with van der Waals surface area (Å²) in [6.45, 7) is 3.72. The average Bonchev–Trinajstić information content (AvgIpc) is 2.47. The van der Waals surface area contributed by atoms with Gasteiger partial charge in [-0.1, -0.05) is 12.1 Å². The molecule has 1 rings (SSSR count). The first-order chi connectivity index (χ1) is 10.3. The lowest BCUT2D eigenvalue weighted by Gasteiger charge is -2.22. The number of alkyl halides is 3. The number of carbonyl (C=O) groups is 2. The monoisotopic (exact) mass is 317 g/mol. The topological polar surface area (TPSA) is 46.6 Å². The molecule has 0 spiro atoms. The summed E-state index contributed by atoms with van der Waals surface area (Å²) >= 11 is 0. The Morgan fingerprint density at radius 3 is 2.36 bits per heavy atom. The smallest absolute Gasteiger partial charge is 0.417 e. The Morgan fingerprint density at radius 2 is 1.82 bits per heavy atom. The van der Waals surface area contributed by atoms with Crippen LogP contribution in [-0.4, -0.2) is 36.5 Å². The lowest BCUT2D eigenvalue weighted by molar-refractivity contribution is -0.143. The van der Waals surface area contributed by atoms with E-state index in [4.69, 9.17) is 4.74 Å². The Morgan fingerprint density at radius 1 is 1.18 bits per heavy atom. The maximum atomic E-state index is 12.9. The van der Waals surface area contributed by atoms with Gasteiger partial charge in [-0.05, 0) is 26.0 Å². The molecule has 0 saturated carbocycles. The highest BCUT2D eigenvalue weighted by Crippen LogP contribution is 2.32. The second kappa shape index (κ2) is 7.82. The van der Waals surface area contributed by atoms with Crippen molar-refractivity contribution in [1.82, 2.24) is 4.90 Å². The molecule has 0 atom stereocenters. The molecule has 4 nitrogen and oxygen atoms in total. The predicted octanol–water partition coefficient (Wildman–Crippen LogP) is 3.12. The summed E-state index contributed by atoms with van der Waals surface area (Å²) in [7, 11) is 0. The quantitative estimate of drug-likeness (QED) is 0.757. The molecule has 122 valence electrons. The van der Waals surface area contributed by atoms with E-state index >= 15 is 0 Å². The minimum Gasteiger partial charge on any atom is -0.466 e. The number of ether oxygens (including phenoxy) is 1. The molecule has 7 heteroatoms. The number of benzene rings is 1. The minimum absolute atomic E-state index is 0.0142. The molecular formula is C15H18F3NO3. The predicted molar refractivity (Wildman–Crippen MR) is 74.3 cm³/mol. The number of halogens is 3. The van der Waals surface area contributed by atoms with Crippen LogP contribution in [0.5, 0.6) is 0 Å². The molecule has 0 fully saturated rings. The second-order valence-corrected chi connectivity index (χ2v) is 4.48. The molecule has 22 heavy (non-hydrogen) atoms. The number of nitrogens with zero attached hydrogens (tertiary/aromatic N) is 1. The van der Waals surface area contributed by atoms with Gasteiger partial charge in [0.15, 0.2) is 0 Å². The summed E-state index contributed by atoms with van der Waals surface area (Å²) in [5, 5.41) is 0. The van der Waals surface area contributed by atoms with Crippen LogP contribution in [0.1, 0.15) is 36.2 Å². The van der Waals surface area contributed by atoms with Gasteiger partial charge in [-0.15, -0.1) is 0 Å². The van der Waals surface area contributed by atoms with E-state index in [0.29, 0.717) is 0 Å². The van der Waals surface area contributed by atoms with E-state index in [2.05, 4.69) is 0 Å². The highest BCUT2D eigenvalue weighted by molar-refractivity contribution is 5.96. The maximum absolute atomic E-state index is 12.9. The standard InChI is InChI=1S/C15H18F3NO3/c1-3-19(10-9-13(20)22-4-2)14(21)11-7-5-6-8-12(11)15(16,17)18/h5-8H,3-4,9-10H2,1-2H3. The van der Waals surface area contributed by atoms with Crippen LogP contribution in [0.2, 0.25) is 0 Å². The number of hydrogen-bond acceptors (Lipinski definition) is 3. The first-order valence-corrected chi connectivity index (χ1v) is 6.92. The van der Waals surface area contributed by atoms with E-state index in [9.17, 15) is 22.8 Å². The normalized spacial score (nSPS) is 11.1. The van der Waals surface area contributed by atoms with Crippen molar-refractivity contribution in [2.75, 3.05) is 19.7 Å². The molecule has 0 bridgehead atoms. The molecule has 0 aliphatic heterocycles. The zero-order chi connectivity index (χ0) is 16.8. The molecule has 0 heterocycles. The lowest BCUT2D eigenvalue weighted by Crippen LogP contribution is -2.34. The van der Waals surface area contributed by atoms with E-state index in [0.717, 1.165) is 12.1 Å². The number of esters is 1. The number of rotatable bonds is 6. The minimum atomic E-state index is -4.60. The number of carbonyl (C=O) groups excluding carboxylic acids is 2. The Hall–Kier alpha value is -2.05. The maximum Gasteiger partial charge on any atom is 0.417 e. The molecule has 0 aromatic heterocycles. The third-order valence-corrected chi connectivity index (χ3v) is 3.02. The van der Waals surface area contributed by atoms with Crippen molar-refractivity contribution in [2.45, 2.75) is 26.4 Å². The molecule has 0 aliphatic carbocycles. The molecule has 0 radical (unpaired) electrons. The molecule has 0 aliphatic rings. The Balaban J connectivity index is 2.91. The van der Waals surface area contributed by atoms with E-state index in [1.165, 1.54) is 17.0 Å². The van der Waals surface area contributed by atoms with Crippen molar-refractivity contribution in [3.05, 3.63) is 35.4 Å². The SMILES string of the molecule is CCOC(=O)CCN(CC)C(=O)c1ccccc1C(F)(F)F. The second-order valence-electron chi connectivity index (χ2n) is 4.48. The zero-order valence-corrected chi connectivity index (χ0v) is 12.4. The molecule has 0 saturated heterocycles. The van der Waals surface area contributed by atoms with Crippen molar-refractivity contribution in [1.29, 1.82) is 0 Å². The van der Waals surface area contributed by atoms with Crippen LogP contribution in [-0.2, 0) is 15.7 Å². The van der Waals surface area contributed by atoms with Crippen molar-refractivity contribution in [2.24, 2.45) is 0 Å². The summed E-state index contributed by atoms with van der Waals surface area (Å²) < 4.78 is 43.6. The summed E-state index contributed by atoms with van der Waals surface area (Å²) in [5.74, 6) is -1.24. The van der Waals surface area contributed by atoms with E-state index < -0.39 is 29.2 Å². The number of hydrogen-bond donors (Lipinski definition) is 0. The third-order valence-electron chi connectivity index (χ3n) is 3.02. The Bertz CT molecular complexity index is 529. The summed E-state index contributed by atoms with van der Waals surface area (Å²) in [4.78, 5) is 24.8. The Labute approximate surface area is 126 Å².